The molecule has 1 atom stereocenters. The highest BCUT2D eigenvalue weighted by atomic mass is 32.2. The second-order valence-electron chi connectivity index (χ2n) is 5.93. The maximum absolute atomic E-state index is 12.4. The smallest absolute Gasteiger partial charge is 0.446 e. The van der Waals surface area contributed by atoms with Crippen molar-refractivity contribution in [2.45, 2.75) is 30.4 Å². The van der Waals surface area contributed by atoms with Gasteiger partial charge in [0.2, 0.25) is 5.89 Å². The van der Waals surface area contributed by atoms with E-state index < -0.39 is 17.6 Å². The fraction of sp³-hybridized carbons (Fsp3) is 0.211. The molecule has 0 saturated carbocycles. The Morgan fingerprint density at radius 1 is 1.14 bits per heavy atom. The standard InChI is InChI=1S/C19H15F3N2O3S/c1-11-4-3-5-14(10-11)17-24-23-16(27-17)12(2)26-18(25)13-6-8-15(9-7-13)28-19(20,21)22/h3-10,12H,1-2H3. The number of thioether (sulfide) groups is 1. The Morgan fingerprint density at radius 3 is 2.50 bits per heavy atom. The van der Waals surface area contributed by atoms with Crippen LogP contribution in [0.1, 0.15) is 34.8 Å². The number of carbonyl (C=O) groups is 1. The molecule has 0 aliphatic carbocycles. The molecule has 0 amide bonds. The molecule has 0 spiro atoms. The summed E-state index contributed by atoms with van der Waals surface area (Å²) in [6, 6.07) is 12.5. The van der Waals surface area contributed by atoms with Crippen LogP contribution in [-0.4, -0.2) is 21.7 Å². The van der Waals surface area contributed by atoms with Gasteiger partial charge < -0.3 is 9.15 Å². The first kappa shape index (κ1) is 19.9. The number of esters is 1. The molecule has 146 valence electrons. The van der Waals surface area contributed by atoms with Gasteiger partial charge in [0.15, 0.2) is 6.10 Å². The first-order valence-corrected chi connectivity index (χ1v) is 9.00. The Bertz CT molecular complexity index is 971. The third-order valence-electron chi connectivity index (χ3n) is 3.66. The fourth-order valence-corrected chi connectivity index (χ4v) is 2.90. The van der Waals surface area contributed by atoms with Gasteiger partial charge in [-0.05, 0) is 62.0 Å². The van der Waals surface area contributed by atoms with Crippen LogP contribution in [0.15, 0.2) is 57.8 Å². The van der Waals surface area contributed by atoms with E-state index in [0.717, 1.165) is 11.1 Å². The summed E-state index contributed by atoms with van der Waals surface area (Å²) >= 11 is -0.252. The minimum absolute atomic E-state index is 0.0169. The maximum Gasteiger partial charge on any atom is 0.446 e. The highest BCUT2D eigenvalue weighted by molar-refractivity contribution is 8.00. The topological polar surface area (TPSA) is 65.2 Å². The van der Waals surface area contributed by atoms with E-state index in [1.807, 2.05) is 31.2 Å². The van der Waals surface area contributed by atoms with E-state index in [-0.39, 0.29) is 28.1 Å². The zero-order valence-corrected chi connectivity index (χ0v) is 15.7. The van der Waals surface area contributed by atoms with Crippen LogP contribution in [0.3, 0.4) is 0 Å². The molecular weight excluding hydrogens is 393 g/mol. The van der Waals surface area contributed by atoms with Gasteiger partial charge in [-0.3, -0.25) is 0 Å². The molecule has 28 heavy (non-hydrogen) atoms. The van der Waals surface area contributed by atoms with E-state index in [0.29, 0.717) is 5.89 Å². The lowest BCUT2D eigenvalue weighted by atomic mass is 10.1. The number of alkyl halides is 3. The summed E-state index contributed by atoms with van der Waals surface area (Å²) in [5, 5.41) is 7.86. The number of hydrogen-bond donors (Lipinski definition) is 0. The van der Waals surface area contributed by atoms with Crippen LogP contribution in [0.4, 0.5) is 13.2 Å². The molecule has 0 radical (unpaired) electrons. The largest absolute Gasteiger partial charge is 0.449 e. The lowest BCUT2D eigenvalue weighted by Gasteiger charge is -2.10. The van der Waals surface area contributed by atoms with Gasteiger partial charge in [-0.2, -0.15) is 13.2 Å². The molecule has 0 fully saturated rings. The van der Waals surface area contributed by atoms with Crippen molar-refractivity contribution in [1.29, 1.82) is 0 Å². The minimum Gasteiger partial charge on any atom is -0.449 e. The van der Waals surface area contributed by atoms with Crippen LogP contribution in [0, 0.1) is 6.92 Å². The monoisotopic (exact) mass is 408 g/mol. The van der Waals surface area contributed by atoms with Crippen molar-refractivity contribution >= 4 is 17.7 Å². The zero-order chi connectivity index (χ0) is 20.3. The molecule has 9 heteroatoms. The van der Waals surface area contributed by atoms with Crippen LogP contribution in [0.5, 0.6) is 0 Å². The van der Waals surface area contributed by atoms with Gasteiger partial charge in [-0.25, -0.2) is 4.79 Å². The van der Waals surface area contributed by atoms with Crippen LogP contribution < -0.4 is 0 Å². The predicted octanol–water partition coefficient (Wildman–Crippen LogP) is 5.57. The third kappa shape index (κ3) is 5.13. The molecular formula is C19H15F3N2O3S. The Labute approximate surface area is 162 Å². The Balaban J connectivity index is 1.66. The number of benzene rings is 2. The quantitative estimate of drug-likeness (QED) is 0.406. The number of hydrogen-bond acceptors (Lipinski definition) is 6. The second-order valence-corrected chi connectivity index (χ2v) is 7.07. The number of halogens is 3. The van der Waals surface area contributed by atoms with Gasteiger partial charge in [-0.15, -0.1) is 10.2 Å². The summed E-state index contributed by atoms with van der Waals surface area (Å²) in [6.07, 6.45) is -0.817. The van der Waals surface area contributed by atoms with Gasteiger partial charge in [0.05, 0.1) is 5.56 Å². The van der Waals surface area contributed by atoms with Gasteiger partial charge in [-0.1, -0.05) is 17.7 Å². The third-order valence-corrected chi connectivity index (χ3v) is 4.40. The molecule has 0 bridgehead atoms. The van der Waals surface area contributed by atoms with Crippen molar-refractivity contribution in [2.24, 2.45) is 0 Å². The fourth-order valence-electron chi connectivity index (χ4n) is 2.37. The lowest BCUT2D eigenvalue weighted by molar-refractivity contribution is -0.0328. The molecule has 1 heterocycles. The van der Waals surface area contributed by atoms with Crippen molar-refractivity contribution in [3.8, 4) is 11.5 Å². The zero-order valence-electron chi connectivity index (χ0n) is 14.9. The first-order chi connectivity index (χ1) is 13.2. The number of rotatable bonds is 5. The Morgan fingerprint density at radius 2 is 1.86 bits per heavy atom. The summed E-state index contributed by atoms with van der Waals surface area (Å²) < 4.78 is 47.9. The number of aromatic nitrogens is 2. The molecule has 3 aromatic rings. The second kappa shape index (κ2) is 8.05. The highest BCUT2D eigenvalue weighted by Crippen LogP contribution is 2.36. The molecule has 1 unspecified atom stereocenters. The normalized spacial score (nSPS) is 12.6. The molecule has 0 aliphatic rings. The molecule has 0 N–H and O–H groups in total. The van der Waals surface area contributed by atoms with Crippen molar-refractivity contribution < 1.29 is 27.1 Å². The van der Waals surface area contributed by atoms with Crippen molar-refractivity contribution in [3.63, 3.8) is 0 Å². The Hall–Kier alpha value is -2.81. The van der Waals surface area contributed by atoms with Crippen molar-refractivity contribution in [3.05, 3.63) is 65.5 Å². The average molecular weight is 408 g/mol. The molecule has 3 rings (SSSR count). The van der Waals surface area contributed by atoms with E-state index in [1.54, 1.807) is 6.92 Å². The molecule has 2 aromatic carbocycles. The number of ether oxygens (including phenoxy) is 1. The maximum atomic E-state index is 12.4. The van der Waals surface area contributed by atoms with E-state index >= 15 is 0 Å². The molecule has 1 aromatic heterocycles. The van der Waals surface area contributed by atoms with E-state index in [9.17, 15) is 18.0 Å². The number of carbonyl (C=O) groups excluding carboxylic acids is 1. The van der Waals surface area contributed by atoms with Crippen molar-refractivity contribution in [2.75, 3.05) is 0 Å². The minimum atomic E-state index is -4.39. The summed E-state index contributed by atoms with van der Waals surface area (Å²) in [5.41, 5.74) is -2.49. The van der Waals surface area contributed by atoms with Gasteiger partial charge in [0, 0.05) is 10.5 Å². The van der Waals surface area contributed by atoms with E-state index in [1.165, 1.54) is 24.3 Å². The predicted molar refractivity (Wildman–Crippen MR) is 96.7 cm³/mol. The Kier molecular flexibility index (Phi) is 5.73. The van der Waals surface area contributed by atoms with E-state index in [2.05, 4.69) is 10.2 Å². The SMILES string of the molecule is Cc1cccc(-c2nnc(C(C)OC(=O)c3ccc(SC(F)(F)F)cc3)o2)c1. The average Bonchev–Trinajstić information content (AvgIpc) is 3.11. The van der Waals surface area contributed by atoms with Crippen LogP contribution in [0.2, 0.25) is 0 Å². The summed E-state index contributed by atoms with van der Waals surface area (Å²) in [5.74, 6) is -0.282. The first-order valence-electron chi connectivity index (χ1n) is 8.18. The lowest BCUT2D eigenvalue weighted by Crippen LogP contribution is -2.09. The van der Waals surface area contributed by atoms with Gasteiger partial charge in [0.25, 0.3) is 5.89 Å². The molecule has 0 aliphatic heterocycles. The van der Waals surface area contributed by atoms with Crippen LogP contribution >= 0.6 is 11.8 Å². The number of nitrogens with zero attached hydrogens (tertiary/aromatic N) is 2. The van der Waals surface area contributed by atoms with E-state index in [4.69, 9.17) is 9.15 Å². The summed E-state index contributed by atoms with van der Waals surface area (Å²) in [7, 11) is 0. The summed E-state index contributed by atoms with van der Waals surface area (Å²) in [6.45, 7) is 3.50. The molecule has 5 nitrogen and oxygen atoms in total. The number of aryl methyl sites for hydroxylation is 1. The van der Waals surface area contributed by atoms with Gasteiger partial charge >= 0.3 is 11.5 Å². The highest BCUT2D eigenvalue weighted by Gasteiger charge is 2.29. The van der Waals surface area contributed by atoms with Crippen molar-refractivity contribution in [1.82, 2.24) is 10.2 Å². The summed E-state index contributed by atoms with van der Waals surface area (Å²) in [4.78, 5) is 12.2. The molecule has 0 saturated heterocycles. The van der Waals surface area contributed by atoms with Crippen LogP contribution in [0.25, 0.3) is 11.5 Å². The van der Waals surface area contributed by atoms with Gasteiger partial charge in [0.1, 0.15) is 0 Å². The van der Waals surface area contributed by atoms with Crippen LogP contribution in [-0.2, 0) is 4.74 Å².